The van der Waals surface area contributed by atoms with Gasteiger partial charge in [0.15, 0.2) is 0 Å². The Labute approximate surface area is 445 Å². The van der Waals surface area contributed by atoms with Crippen molar-refractivity contribution in [2.24, 2.45) is 22.2 Å². The van der Waals surface area contributed by atoms with Crippen LogP contribution in [0.2, 0.25) is 0 Å². The summed E-state index contributed by atoms with van der Waals surface area (Å²) in [6.45, 7) is 19.2. The Kier molecular flexibility index (Phi) is 16.5. The van der Waals surface area contributed by atoms with Gasteiger partial charge < -0.3 is 45.1 Å². The van der Waals surface area contributed by atoms with Crippen LogP contribution in [0.1, 0.15) is 93.7 Å². The number of piperazine rings is 1. The molecule has 2 aromatic carbocycles. The number of carbonyl (C=O) groups is 4. The number of aliphatic hydroxyl groups is 1. The third-order valence-electron chi connectivity index (χ3n) is 15.3. The first-order valence-electron chi connectivity index (χ1n) is 25.6. The summed E-state index contributed by atoms with van der Waals surface area (Å²) in [5, 5.41) is 29.1. The summed E-state index contributed by atoms with van der Waals surface area (Å²) in [4.78, 5) is 71.0. The van der Waals surface area contributed by atoms with Crippen LogP contribution in [-0.2, 0) is 30.0 Å². The van der Waals surface area contributed by atoms with Gasteiger partial charge in [0, 0.05) is 74.7 Å². The monoisotopic (exact) mass is 1070 g/mol. The predicted octanol–water partition coefficient (Wildman–Crippen LogP) is 6.15. The van der Waals surface area contributed by atoms with Crippen molar-refractivity contribution >= 4 is 40.8 Å². The molecule has 0 unspecified atom stereocenters. The summed E-state index contributed by atoms with van der Waals surface area (Å²) < 4.78 is 58.4. The Balaban J connectivity index is 0.776. The van der Waals surface area contributed by atoms with E-state index in [0.717, 1.165) is 33.8 Å². The summed E-state index contributed by atoms with van der Waals surface area (Å²) in [7, 11) is 0. The number of rotatable bonds is 17. The predicted molar refractivity (Wildman–Crippen MR) is 278 cm³/mol. The van der Waals surface area contributed by atoms with E-state index in [1.807, 2.05) is 85.2 Å². The van der Waals surface area contributed by atoms with Crippen molar-refractivity contribution in [1.82, 2.24) is 35.7 Å². The SMILES string of the molecule is Cc1ncsc1-c1ccc([C@H](NC(=O)[C@@H]2C[C@@H](O)CN2C(=O)[C@@H](NC(=O)COCCN2CCN(c3ccc(C(=O)NC4C(C)(C)C(Oc5ccc(C#N)c(C(F)(F)F)c5)C4(C)C)cn3)CC2)C(C)(C)C)C2COC2)cc1. The minimum Gasteiger partial charge on any atom is -0.489 e. The Morgan fingerprint density at radius 3 is 2.24 bits per heavy atom. The van der Waals surface area contributed by atoms with Crippen molar-refractivity contribution in [3.8, 4) is 22.3 Å². The Bertz CT molecular complexity index is 2770. The molecule has 0 bridgehead atoms. The summed E-state index contributed by atoms with van der Waals surface area (Å²) in [6, 6.07) is 13.7. The van der Waals surface area contributed by atoms with E-state index >= 15 is 0 Å². The molecular weight excluding hydrogens is 1000 g/mol. The number of benzene rings is 2. The van der Waals surface area contributed by atoms with Gasteiger partial charge in [-0.1, -0.05) is 72.7 Å². The van der Waals surface area contributed by atoms with E-state index in [9.17, 15) is 42.7 Å². The average molecular weight is 1070 g/mol. The maximum atomic E-state index is 14.3. The molecule has 3 aliphatic heterocycles. The minimum absolute atomic E-state index is 0.0103. The van der Waals surface area contributed by atoms with E-state index in [1.54, 1.807) is 29.5 Å². The molecule has 4 aromatic rings. The quantitative estimate of drug-likeness (QED) is 0.0876. The molecule has 5 heterocycles. The van der Waals surface area contributed by atoms with E-state index in [2.05, 4.69) is 35.7 Å². The van der Waals surface area contributed by atoms with Crippen LogP contribution in [0.5, 0.6) is 5.75 Å². The van der Waals surface area contributed by atoms with Gasteiger partial charge in [-0.05, 0) is 53.8 Å². The van der Waals surface area contributed by atoms with Crippen molar-refractivity contribution < 1.29 is 51.7 Å². The summed E-state index contributed by atoms with van der Waals surface area (Å²) in [6.07, 6.45) is -4.61. The zero-order valence-corrected chi connectivity index (χ0v) is 45.0. The van der Waals surface area contributed by atoms with Crippen LogP contribution in [0.25, 0.3) is 10.4 Å². The van der Waals surface area contributed by atoms with Gasteiger partial charge >= 0.3 is 6.18 Å². The zero-order valence-electron chi connectivity index (χ0n) is 44.2. The number of amides is 4. The molecule has 1 saturated carbocycles. The molecule has 0 spiro atoms. The molecule has 17 nitrogen and oxygen atoms in total. The molecule has 4 fully saturated rings. The second-order valence-corrected chi connectivity index (χ2v) is 23.4. The molecule has 1 aliphatic carbocycles. The number of aromatic nitrogens is 2. The number of nitrogens with zero attached hydrogens (tertiary/aromatic N) is 6. The maximum Gasteiger partial charge on any atom is 0.417 e. The van der Waals surface area contributed by atoms with E-state index in [-0.39, 0.29) is 61.7 Å². The second kappa shape index (κ2) is 22.4. The van der Waals surface area contributed by atoms with E-state index < -0.39 is 69.7 Å². The first-order chi connectivity index (χ1) is 35.9. The number of hydrogen-bond donors (Lipinski definition) is 4. The number of aryl methyl sites for hydroxylation is 1. The number of ether oxygens (including phenoxy) is 3. The van der Waals surface area contributed by atoms with Crippen molar-refractivity contribution in [1.29, 1.82) is 5.26 Å². The maximum absolute atomic E-state index is 14.3. The lowest BCUT2D eigenvalue weighted by Crippen LogP contribution is -2.74. The number of halogens is 3. The highest BCUT2D eigenvalue weighted by molar-refractivity contribution is 7.13. The fourth-order valence-electron chi connectivity index (χ4n) is 11.3. The summed E-state index contributed by atoms with van der Waals surface area (Å²) in [5.74, 6) is -0.936. The highest BCUT2D eigenvalue weighted by Gasteiger charge is 2.64. The molecule has 21 heteroatoms. The number of carbonyl (C=O) groups excluding carboxylic acids is 4. The summed E-state index contributed by atoms with van der Waals surface area (Å²) >= 11 is 1.56. The van der Waals surface area contributed by atoms with Crippen LogP contribution in [-0.4, -0.2) is 145 Å². The molecule has 4 aliphatic rings. The average Bonchev–Trinajstić information content (AvgIpc) is 3.98. The van der Waals surface area contributed by atoms with Crippen LogP contribution >= 0.6 is 11.3 Å². The molecule has 2 aromatic heterocycles. The number of thiazole rings is 1. The van der Waals surface area contributed by atoms with Crippen LogP contribution in [0.4, 0.5) is 19.0 Å². The number of nitrogens with one attached hydrogen (secondary N) is 3. The first kappa shape index (κ1) is 56.0. The lowest BCUT2D eigenvalue weighted by molar-refractivity contribution is -0.164. The Morgan fingerprint density at radius 1 is 0.961 bits per heavy atom. The molecule has 0 radical (unpaired) electrons. The number of β-amino-alcohol motifs (C(OH)–C–C–N with tert-alkyl or cyclic N) is 1. The smallest absolute Gasteiger partial charge is 0.417 e. The molecular formula is C55H68F3N9O8S. The van der Waals surface area contributed by atoms with E-state index in [4.69, 9.17) is 14.2 Å². The third-order valence-corrected chi connectivity index (χ3v) is 16.2. The van der Waals surface area contributed by atoms with Gasteiger partial charge in [-0.3, -0.25) is 24.1 Å². The standard InChI is InChI=1S/C55H68F3N9O8S/c1-32-45(76-31-61-32)34-11-9-33(10-12-34)44(37-28-74-29-37)63-48(71)41-23-38(68)27-67(41)49(72)46(52(2,3)4)62-43(69)30-73-22-21-65-17-19-66(20-18-65)42-16-14-36(26-60-42)47(70)64-50-53(5,6)51(54(50,7)8)75-39-15-13-35(25-59)40(24-39)55(56,57)58/h9-16,24,26,31,37-38,41,44,46,50-51,68H,17-23,27-30H2,1-8H3,(H,62,69)(H,63,71)(H,64,70)/t38-,41+,44+,46-,50?,51?/m1/s1. The van der Waals surface area contributed by atoms with Gasteiger partial charge in [0.05, 0.1) is 70.8 Å². The van der Waals surface area contributed by atoms with Gasteiger partial charge in [-0.25, -0.2) is 9.97 Å². The number of hydrogen-bond acceptors (Lipinski definition) is 14. The molecule has 4 N–H and O–H groups in total. The molecule has 8 rings (SSSR count). The van der Waals surface area contributed by atoms with Gasteiger partial charge in [0.1, 0.15) is 36.4 Å². The van der Waals surface area contributed by atoms with Crippen LogP contribution < -0.4 is 25.6 Å². The van der Waals surface area contributed by atoms with Gasteiger partial charge in [0.25, 0.3) is 5.91 Å². The highest BCUT2D eigenvalue weighted by Crippen LogP contribution is 2.56. The molecule has 76 heavy (non-hydrogen) atoms. The third kappa shape index (κ3) is 12.2. The van der Waals surface area contributed by atoms with E-state index in [1.165, 1.54) is 17.2 Å². The molecule has 4 amide bonds. The lowest BCUT2D eigenvalue weighted by Gasteiger charge is -2.63. The normalized spacial score (nSPS) is 22.4. The van der Waals surface area contributed by atoms with Crippen LogP contribution in [0.3, 0.4) is 0 Å². The number of nitriles is 1. The minimum atomic E-state index is -4.72. The molecule has 4 atom stereocenters. The van der Waals surface area contributed by atoms with Crippen LogP contribution in [0, 0.1) is 40.4 Å². The Morgan fingerprint density at radius 2 is 1.66 bits per heavy atom. The highest BCUT2D eigenvalue weighted by atomic mass is 32.1. The lowest BCUT2D eigenvalue weighted by atomic mass is 9.49. The van der Waals surface area contributed by atoms with Crippen molar-refractivity contribution in [2.75, 3.05) is 70.6 Å². The number of alkyl halides is 3. The summed E-state index contributed by atoms with van der Waals surface area (Å²) in [5.41, 5.74) is 1.43. The van der Waals surface area contributed by atoms with Crippen molar-refractivity contribution in [2.45, 2.75) is 104 Å². The fourth-order valence-corrected chi connectivity index (χ4v) is 12.1. The van der Waals surface area contributed by atoms with Crippen molar-refractivity contribution in [3.63, 3.8) is 0 Å². The zero-order chi connectivity index (χ0) is 54.9. The van der Waals surface area contributed by atoms with Gasteiger partial charge in [-0.2, -0.15) is 18.4 Å². The Hall–Kier alpha value is -6.18. The number of pyridine rings is 1. The van der Waals surface area contributed by atoms with Gasteiger partial charge in [0.2, 0.25) is 17.7 Å². The number of aliphatic hydroxyl groups excluding tert-OH is 1. The van der Waals surface area contributed by atoms with E-state index in [0.29, 0.717) is 57.3 Å². The van der Waals surface area contributed by atoms with Crippen LogP contribution in [0.15, 0.2) is 66.3 Å². The largest absolute Gasteiger partial charge is 0.489 e. The number of likely N-dealkylation sites (tertiary alicyclic amines) is 1. The fraction of sp³-hybridized carbons (Fsp3) is 0.545. The number of anilines is 1. The second-order valence-electron chi connectivity index (χ2n) is 22.6. The molecule has 408 valence electrons. The first-order valence-corrected chi connectivity index (χ1v) is 26.5. The van der Waals surface area contributed by atoms with Gasteiger partial charge in [-0.15, -0.1) is 11.3 Å². The molecule has 3 saturated heterocycles. The van der Waals surface area contributed by atoms with Crippen molar-refractivity contribution in [3.05, 3.63) is 94.3 Å². The topological polar surface area (TPSA) is 212 Å².